The number of nitrogens with zero attached hydrogens (tertiary/aromatic N) is 3. The van der Waals surface area contributed by atoms with Crippen molar-refractivity contribution in [3.63, 3.8) is 0 Å². The van der Waals surface area contributed by atoms with Gasteiger partial charge in [0.2, 0.25) is 11.9 Å². The average molecular weight is 295 g/mol. The molecule has 2 aromatic rings. The summed E-state index contributed by atoms with van der Waals surface area (Å²) in [6.45, 7) is 4.73. The fraction of sp³-hybridized carbons (Fsp3) is 0.308. The molecule has 1 heterocycles. The molecule has 0 unspecified atom stereocenters. The molecule has 0 amide bonds. The van der Waals surface area contributed by atoms with Gasteiger partial charge in [0.05, 0.1) is 6.61 Å². The lowest BCUT2D eigenvalue weighted by molar-refractivity contribution is 0.312. The highest BCUT2D eigenvalue weighted by Gasteiger charge is 2.08. The summed E-state index contributed by atoms with van der Waals surface area (Å²) in [4.78, 5) is 12.2. The van der Waals surface area contributed by atoms with Gasteiger partial charge in [0.1, 0.15) is 0 Å². The number of halogens is 2. The maximum atomic E-state index is 13.2. The van der Waals surface area contributed by atoms with E-state index in [4.69, 9.17) is 4.74 Å². The Hall–Kier alpha value is -2.51. The van der Waals surface area contributed by atoms with Gasteiger partial charge in [0, 0.05) is 18.3 Å². The zero-order valence-corrected chi connectivity index (χ0v) is 11.7. The van der Waals surface area contributed by atoms with Crippen molar-refractivity contribution in [1.82, 2.24) is 15.0 Å². The zero-order chi connectivity index (χ0) is 15.2. The Morgan fingerprint density at radius 1 is 1.05 bits per heavy atom. The molecule has 0 fully saturated rings. The number of hydrogen-bond acceptors (Lipinski definition) is 6. The fourth-order valence-electron chi connectivity index (χ4n) is 1.55. The number of hydrogen-bond donors (Lipinski definition) is 2. The van der Waals surface area contributed by atoms with Crippen molar-refractivity contribution >= 4 is 17.6 Å². The van der Waals surface area contributed by atoms with Gasteiger partial charge >= 0.3 is 6.01 Å². The van der Waals surface area contributed by atoms with Crippen molar-refractivity contribution in [2.45, 2.75) is 13.8 Å². The van der Waals surface area contributed by atoms with Crippen LogP contribution < -0.4 is 15.4 Å². The van der Waals surface area contributed by atoms with Crippen molar-refractivity contribution in [1.29, 1.82) is 0 Å². The largest absolute Gasteiger partial charge is 0.464 e. The summed E-state index contributed by atoms with van der Waals surface area (Å²) in [6, 6.07) is 3.57. The van der Waals surface area contributed by atoms with Crippen LogP contribution in [-0.2, 0) is 0 Å². The molecule has 0 aliphatic heterocycles. The first-order valence-electron chi connectivity index (χ1n) is 6.47. The minimum absolute atomic E-state index is 0.147. The van der Waals surface area contributed by atoms with Crippen LogP contribution in [0.5, 0.6) is 6.01 Å². The lowest BCUT2D eigenvalue weighted by atomic mass is 10.3. The van der Waals surface area contributed by atoms with E-state index < -0.39 is 11.6 Å². The third-order valence-electron chi connectivity index (χ3n) is 2.40. The highest BCUT2D eigenvalue weighted by molar-refractivity contribution is 5.54. The van der Waals surface area contributed by atoms with Crippen LogP contribution in [0.1, 0.15) is 13.8 Å². The molecule has 6 nitrogen and oxygen atoms in total. The van der Waals surface area contributed by atoms with E-state index >= 15 is 0 Å². The van der Waals surface area contributed by atoms with Gasteiger partial charge in [-0.15, -0.1) is 0 Å². The molecule has 2 N–H and O–H groups in total. The van der Waals surface area contributed by atoms with Crippen LogP contribution in [0.25, 0.3) is 0 Å². The first-order chi connectivity index (χ1) is 10.1. The molecule has 0 saturated heterocycles. The Bertz CT molecular complexity index is 599. The predicted molar refractivity (Wildman–Crippen MR) is 74.8 cm³/mol. The summed E-state index contributed by atoms with van der Waals surface area (Å²) >= 11 is 0. The number of anilines is 3. The molecule has 0 atom stereocenters. The lowest BCUT2D eigenvalue weighted by Gasteiger charge is -2.09. The van der Waals surface area contributed by atoms with Crippen LogP contribution >= 0.6 is 0 Å². The Kier molecular flexibility index (Phi) is 4.81. The van der Waals surface area contributed by atoms with Gasteiger partial charge in [0.15, 0.2) is 11.6 Å². The monoisotopic (exact) mass is 295 g/mol. The number of nitrogens with one attached hydrogen (secondary N) is 2. The first-order valence-corrected chi connectivity index (χ1v) is 6.47. The number of benzene rings is 1. The molecule has 0 saturated carbocycles. The summed E-state index contributed by atoms with van der Waals surface area (Å²) in [7, 11) is 0. The first kappa shape index (κ1) is 14.9. The highest BCUT2D eigenvalue weighted by atomic mass is 19.2. The van der Waals surface area contributed by atoms with Crippen molar-refractivity contribution in [3.8, 4) is 6.01 Å². The average Bonchev–Trinajstić information content (AvgIpc) is 2.43. The third-order valence-corrected chi connectivity index (χ3v) is 2.40. The van der Waals surface area contributed by atoms with E-state index in [2.05, 4.69) is 25.6 Å². The van der Waals surface area contributed by atoms with Gasteiger partial charge in [-0.2, -0.15) is 15.0 Å². The molecule has 0 radical (unpaired) electrons. The second kappa shape index (κ2) is 6.78. The number of aromatic nitrogens is 3. The smallest absolute Gasteiger partial charge is 0.323 e. The van der Waals surface area contributed by atoms with Crippen LogP contribution in [-0.4, -0.2) is 28.1 Å². The molecular formula is C13H15F2N5O. The predicted octanol–water partition coefficient (Wildman–Crippen LogP) is 2.72. The quantitative estimate of drug-likeness (QED) is 0.853. The maximum Gasteiger partial charge on any atom is 0.323 e. The molecule has 21 heavy (non-hydrogen) atoms. The maximum absolute atomic E-state index is 13.2. The van der Waals surface area contributed by atoms with Crippen LogP contribution in [0.4, 0.5) is 26.4 Å². The number of ether oxygens (including phenoxy) is 1. The van der Waals surface area contributed by atoms with E-state index in [1.54, 1.807) is 6.92 Å². The molecule has 0 aliphatic rings. The summed E-state index contributed by atoms with van der Waals surface area (Å²) in [6.07, 6.45) is 0. The zero-order valence-electron chi connectivity index (χ0n) is 11.7. The van der Waals surface area contributed by atoms with Gasteiger partial charge in [-0.1, -0.05) is 0 Å². The molecule has 1 aromatic heterocycles. The highest BCUT2D eigenvalue weighted by Crippen LogP contribution is 2.18. The Balaban J connectivity index is 2.26. The van der Waals surface area contributed by atoms with Crippen molar-refractivity contribution in [3.05, 3.63) is 29.8 Å². The molecule has 112 valence electrons. The topological polar surface area (TPSA) is 72.0 Å². The van der Waals surface area contributed by atoms with E-state index in [9.17, 15) is 8.78 Å². The van der Waals surface area contributed by atoms with Crippen molar-refractivity contribution in [2.24, 2.45) is 0 Å². The molecule has 1 aromatic carbocycles. The van der Waals surface area contributed by atoms with E-state index in [1.165, 1.54) is 6.07 Å². The Labute approximate surface area is 120 Å². The SMILES string of the molecule is CCNc1nc(Nc2ccc(F)c(F)c2)nc(OCC)n1. The van der Waals surface area contributed by atoms with Gasteiger partial charge in [0.25, 0.3) is 0 Å². The Morgan fingerprint density at radius 3 is 2.48 bits per heavy atom. The van der Waals surface area contributed by atoms with Gasteiger partial charge in [-0.3, -0.25) is 0 Å². The van der Waals surface area contributed by atoms with E-state index in [1.807, 2.05) is 6.92 Å². The molecule has 0 spiro atoms. The molecule has 0 aliphatic carbocycles. The van der Waals surface area contributed by atoms with Crippen LogP contribution in [0, 0.1) is 11.6 Å². The number of rotatable bonds is 6. The van der Waals surface area contributed by atoms with Crippen LogP contribution in [0.2, 0.25) is 0 Å². The third kappa shape index (κ3) is 3.98. The van der Waals surface area contributed by atoms with Crippen molar-refractivity contribution in [2.75, 3.05) is 23.8 Å². The van der Waals surface area contributed by atoms with Crippen LogP contribution in [0.15, 0.2) is 18.2 Å². The molecule has 2 rings (SSSR count). The second-order valence-electron chi connectivity index (χ2n) is 3.98. The molecule has 0 bridgehead atoms. The molecule has 8 heteroatoms. The summed E-state index contributed by atoms with van der Waals surface area (Å²) in [5, 5.41) is 5.72. The summed E-state index contributed by atoms with van der Waals surface area (Å²) in [5.41, 5.74) is 0.324. The lowest BCUT2D eigenvalue weighted by Crippen LogP contribution is -2.09. The van der Waals surface area contributed by atoms with Crippen molar-refractivity contribution < 1.29 is 13.5 Å². The minimum Gasteiger partial charge on any atom is -0.464 e. The minimum atomic E-state index is -0.953. The van der Waals surface area contributed by atoms with Gasteiger partial charge in [-0.25, -0.2) is 8.78 Å². The van der Waals surface area contributed by atoms with E-state index in [0.717, 1.165) is 12.1 Å². The van der Waals surface area contributed by atoms with Gasteiger partial charge < -0.3 is 15.4 Å². The Morgan fingerprint density at radius 2 is 1.81 bits per heavy atom. The summed E-state index contributed by atoms with van der Waals surface area (Å²) in [5.74, 6) is -1.36. The normalized spacial score (nSPS) is 10.3. The van der Waals surface area contributed by atoms with Crippen LogP contribution in [0.3, 0.4) is 0 Å². The molecular weight excluding hydrogens is 280 g/mol. The summed E-state index contributed by atoms with van der Waals surface area (Å²) < 4.78 is 31.3. The van der Waals surface area contributed by atoms with E-state index in [0.29, 0.717) is 24.8 Å². The second-order valence-corrected chi connectivity index (χ2v) is 3.98. The standard InChI is InChI=1S/C13H15F2N5O/c1-3-16-11-18-12(20-13(19-11)21-4-2)17-8-5-6-9(14)10(15)7-8/h5-7H,3-4H2,1-2H3,(H2,16,17,18,19,20). The van der Waals surface area contributed by atoms with E-state index in [-0.39, 0.29) is 12.0 Å². The van der Waals surface area contributed by atoms with Gasteiger partial charge in [-0.05, 0) is 26.0 Å². The fourth-order valence-corrected chi connectivity index (χ4v) is 1.55.